The van der Waals surface area contributed by atoms with E-state index in [0.717, 1.165) is 0 Å². The average molecular weight is 460 g/mol. The zero-order chi connectivity index (χ0) is 23.5. The maximum atomic E-state index is 13.0. The summed E-state index contributed by atoms with van der Waals surface area (Å²) in [6, 6.07) is 13.2. The van der Waals surface area contributed by atoms with Crippen molar-refractivity contribution in [2.75, 3.05) is 16.8 Å². The van der Waals surface area contributed by atoms with Crippen LogP contribution in [0.5, 0.6) is 0 Å². The molecule has 2 aromatic carbocycles. The Labute approximate surface area is 186 Å². The van der Waals surface area contributed by atoms with Gasteiger partial charge in [-0.15, -0.1) is 0 Å². The van der Waals surface area contributed by atoms with Crippen molar-refractivity contribution in [2.45, 2.75) is 37.8 Å². The Morgan fingerprint density at radius 2 is 1.66 bits per heavy atom. The van der Waals surface area contributed by atoms with Gasteiger partial charge in [-0.25, -0.2) is 8.42 Å². The third-order valence-electron chi connectivity index (χ3n) is 4.93. The second-order valence-electron chi connectivity index (χ2n) is 7.72. The van der Waals surface area contributed by atoms with Gasteiger partial charge in [0.15, 0.2) is 6.10 Å². The van der Waals surface area contributed by atoms with E-state index < -0.39 is 40.0 Å². The third-order valence-corrected chi connectivity index (χ3v) is 6.39. The highest BCUT2D eigenvalue weighted by Gasteiger charge is 2.35. The van der Waals surface area contributed by atoms with E-state index >= 15 is 0 Å². The first-order valence-corrected chi connectivity index (χ1v) is 11.6. The average Bonchev–Trinajstić information content (AvgIpc) is 2.76. The topological polar surface area (TPSA) is 122 Å². The van der Waals surface area contributed by atoms with Crippen molar-refractivity contribution in [2.24, 2.45) is 5.92 Å². The molecule has 32 heavy (non-hydrogen) atoms. The molecule has 0 fully saturated rings. The molecule has 0 bridgehead atoms. The first-order valence-electron chi connectivity index (χ1n) is 10.1. The number of nitrogens with zero attached hydrogens (tertiary/aromatic N) is 1. The lowest BCUT2D eigenvalue weighted by Gasteiger charge is -2.31. The number of fused-ring (bicyclic) bond motifs is 1. The molecular formula is C22H25N3O6S. The van der Waals surface area contributed by atoms with E-state index in [1.807, 2.05) is 0 Å². The zero-order valence-electron chi connectivity index (χ0n) is 17.9. The van der Waals surface area contributed by atoms with Crippen LogP contribution in [-0.4, -0.2) is 44.9 Å². The molecule has 2 atom stereocenters. The highest BCUT2D eigenvalue weighted by atomic mass is 32.2. The van der Waals surface area contributed by atoms with Crippen molar-refractivity contribution in [3.05, 3.63) is 54.6 Å². The highest BCUT2D eigenvalue weighted by molar-refractivity contribution is 7.89. The molecule has 2 aromatic rings. The predicted octanol–water partition coefficient (Wildman–Crippen LogP) is 1.91. The summed E-state index contributed by atoms with van der Waals surface area (Å²) >= 11 is 0. The molecule has 3 rings (SSSR count). The van der Waals surface area contributed by atoms with Crippen LogP contribution in [0.4, 0.5) is 11.4 Å². The quantitative estimate of drug-likeness (QED) is 0.610. The summed E-state index contributed by atoms with van der Waals surface area (Å²) in [6.07, 6.45) is -1.23. The van der Waals surface area contributed by atoms with E-state index in [0.29, 0.717) is 11.4 Å². The van der Waals surface area contributed by atoms with Crippen LogP contribution in [0.15, 0.2) is 59.5 Å². The lowest BCUT2D eigenvalue weighted by Crippen LogP contribution is -2.50. The van der Waals surface area contributed by atoms with E-state index in [9.17, 15) is 22.8 Å². The maximum Gasteiger partial charge on any atom is 0.325 e. The van der Waals surface area contributed by atoms with Gasteiger partial charge in [0.25, 0.3) is 5.91 Å². The van der Waals surface area contributed by atoms with Crippen LogP contribution < -0.4 is 14.9 Å². The fraction of sp³-hybridized carbons (Fsp3) is 0.318. The Bertz CT molecular complexity index is 1120. The number of para-hydroxylation sites is 2. The molecule has 0 saturated heterocycles. The maximum absolute atomic E-state index is 13.0. The lowest BCUT2D eigenvalue weighted by atomic mass is 10.1. The highest BCUT2D eigenvalue weighted by Crippen LogP contribution is 2.29. The van der Waals surface area contributed by atoms with Gasteiger partial charge in [-0.2, -0.15) is 4.72 Å². The van der Waals surface area contributed by atoms with E-state index in [4.69, 9.17) is 4.74 Å². The summed E-state index contributed by atoms with van der Waals surface area (Å²) in [7, 11) is -3.97. The van der Waals surface area contributed by atoms with Gasteiger partial charge in [0, 0.05) is 0 Å². The summed E-state index contributed by atoms with van der Waals surface area (Å²) in [4.78, 5) is 39.0. The van der Waals surface area contributed by atoms with Crippen molar-refractivity contribution in [1.82, 2.24) is 4.72 Å². The molecule has 0 aliphatic carbocycles. The monoisotopic (exact) mass is 459 g/mol. The number of esters is 1. The second-order valence-corrected chi connectivity index (χ2v) is 9.44. The molecule has 0 radical (unpaired) electrons. The van der Waals surface area contributed by atoms with Crippen molar-refractivity contribution in [3.8, 4) is 0 Å². The van der Waals surface area contributed by atoms with E-state index in [2.05, 4.69) is 10.0 Å². The number of nitrogens with one attached hydrogen (secondary N) is 2. The van der Waals surface area contributed by atoms with Gasteiger partial charge >= 0.3 is 5.97 Å². The van der Waals surface area contributed by atoms with E-state index in [-0.39, 0.29) is 17.3 Å². The Kier molecular flexibility index (Phi) is 6.95. The summed E-state index contributed by atoms with van der Waals surface area (Å²) < 4.78 is 33.0. The van der Waals surface area contributed by atoms with Crippen LogP contribution in [0.3, 0.4) is 0 Å². The number of carbonyl (C=O) groups excluding carboxylic acids is 3. The molecular weight excluding hydrogens is 434 g/mol. The number of benzene rings is 2. The Balaban J connectivity index is 1.74. The van der Waals surface area contributed by atoms with Gasteiger partial charge in [0.2, 0.25) is 15.9 Å². The molecule has 2 N–H and O–H groups in total. The van der Waals surface area contributed by atoms with Crippen LogP contribution in [0, 0.1) is 5.92 Å². The fourth-order valence-corrected chi connectivity index (χ4v) is 4.59. The van der Waals surface area contributed by atoms with Crippen LogP contribution in [0.2, 0.25) is 0 Å². The molecule has 0 saturated carbocycles. The SMILES string of the molecule is CC(C)[C@@H](NS(=O)(=O)c1ccccc1)C(=O)O[C@@H](C)C(=O)N1CC(=O)Nc2ccccc21. The molecule has 10 heteroatoms. The Hall–Kier alpha value is -3.24. The van der Waals surface area contributed by atoms with Gasteiger partial charge in [-0.05, 0) is 37.1 Å². The first-order chi connectivity index (χ1) is 15.1. The Morgan fingerprint density at radius 3 is 2.31 bits per heavy atom. The van der Waals surface area contributed by atoms with Gasteiger partial charge in [-0.3, -0.25) is 19.3 Å². The van der Waals surface area contributed by atoms with Gasteiger partial charge in [0.05, 0.1) is 16.3 Å². The number of carbonyl (C=O) groups is 3. The third kappa shape index (κ3) is 5.14. The molecule has 9 nitrogen and oxygen atoms in total. The normalized spacial score (nSPS) is 15.5. The van der Waals surface area contributed by atoms with Crippen molar-refractivity contribution in [3.63, 3.8) is 0 Å². The van der Waals surface area contributed by atoms with E-state index in [1.165, 1.54) is 24.0 Å². The Morgan fingerprint density at radius 1 is 1.03 bits per heavy atom. The molecule has 0 unspecified atom stereocenters. The number of rotatable bonds is 7. The van der Waals surface area contributed by atoms with Gasteiger partial charge in [-0.1, -0.05) is 44.2 Å². The van der Waals surface area contributed by atoms with Crippen LogP contribution >= 0.6 is 0 Å². The predicted molar refractivity (Wildman–Crippen MR) is 118 cm³/mol. The molecule has 0 spiro atoms. The van der Waals surface area contributed by atoms with Crippen LogP contribution in [0.1, 0.15) is 20.8 Å². The molecule has 1 heterocycles. The van der Waals surface area contributed by atoms with Crippen LogP contribution in [-0.2, 0) is 29.1 Å². The standard InChI is InChI=1S/C22H25N3O6S/c1-14(2)20(24-32(29,30)16-9-5-4-6-10-16)22(28)31-15(3)21(27)25-13-19(26)23-17-11-7-8-12-18(17)25/h4-12,14-15,20,24H,13H2,1-3H3,(H,23,26)/t15-,20+/m0/s1. The number of sulfonamides is 1. The summed E-state index contributed by atoms with van der Waals surface area (Å²) in [5.74, 6) is -2.28. The van der Waals surface area contributed by atoms with E-state index in [1.54, 1.807) is 56.3 Å². The molecule has 170 valence electrons. The second kappa shape index (κ2) is 9.49. The fourth-order valence-electron chi connectivity index (χ4n) is 3.24. The van der Waals surface area contributed by atoms with Crippen molar-refractivity contribution < 1.29 is 27.5 Å². The summed E-state index contributed by atoms with van der Waals surface area (Å²) in [6.45, 7) is 4.50. The largest absolute Gasteiger partial charge is 0.451 e. The summed E-state index contributed by atoms with van der Waals surface area (Å²) in [5, 5.41) is 2.68. The van der Waals surface area contributed by atoms with Crippen molar-refractivity contribution in [1.29, 1.82) is 0 Å². The molecule has 1 aliphatic rings. The lowest BCUT2D eigenvalue weighted by molar-refractivity contribution is -0.156. The number of hydrogen-bond acceptors (Lipinski definition) is 6. The minimum absolute atomic E-state index is 0.0125. The number of hydrogen-bond donors (Lipinski definition) is 2. The molecule has 2 amide bonds. The van der Waals surface area contributed by atoms with Crippen LogP contribution in [0.25, 0.3) is 0 Å². The minimum Gasteiger partial charge on any atom is -0.451 e. The minimum atomic E-state index is -3.97. The first kappa shape index (κ1) is 23.4. The smallest absolute Gasteiger partial charge is 0.325 e. The number of anilines is 2. The van der Waals surface area contributed by atoms with Gasteiger partial charge < -0.3 is 10.1 Å². The van der Waals surface area contributed by atoms with Crippen molar-refractivity contribution >= 4 is 39.2 Å². The number of amides is 2. The number of ether oxygens (including phenoxy) is 1. The summed E-state index contributed by atoms with van der Waals surface area (Å²) in [5.41, 5.74) is 0.969. The molecule has 0 aromatic heterocycles. The van der Waals surface area contributed by atoms with Gasteiger partial charge in [0.1, 0.15) is 12.6 Å². The zero-order valence-corrected chi connectivity index (χ0v) is 18.8. The molecule has 1 aliphatic heterocycles.